The maximum Gasteiger partial charge on any atom is 0.232 e. The number of rotatable bonds is 7. The molecule has 164 valence electrons. The van der Waals surface area contributed by atoms with E-state index in [4.69, 9.17) is 21.6 Å². The number of aliphatic hydroxyl groups excluding tert-OH is 1. The van der Waals surface area contributed by atoms with Crippen LogP contribution in [0.2, 0.25) is 5.02 Å². The van der Waals surface area contributed by atoms with Crippen LogP contribution in [-0.4, -0.2) is 29.3 Å². The van der Waals surface area contributed by atoms with Crippen LogP contribution in [0.5, 0.6) is 5.88 Å². The number of benzene rings is 2. The minimum atomic E-state index is -0.770. The lowest BCUT2D eigenvalue weighted by molar-refractivity contribution is 0.216. The summed E-state index contributed by atoms with van der Waals surface area (Å²) in [6, 6.07) is 19.0. The van der Waals surface area contributed by atoms with E-state index in [9.17, 15) is 5.11 Å². The average molecular weight is 448 g/mol. The molecule has 2 atom stereocenters. The molecule has 1 aromatic heterocycles. The molecular formula is C26H26ClN3O2. The van der Waals surface area contributed by atoms with Crippen LogP contribution in [0.15, 0.2) is 60.8 Å². The Balaban J connectivity index is 1.53. The van der Waals surface area contributed by atoms with Crippen molar-refractivity contribution in [1.29, 1.82) is 5.26 Å². The fourth-order valence-corrected chi connectivity index (χ4v) is 4.35. The van der Waals surface area contributed by atoms with Crippen LogP contribution < -0.4 is 9.64 Å². The fourth-order valence-electron chi connectivity index (χ4n) is 4.18. The number of ether oxygens (including phenoxy) is 1. The maximum absolute atomic E-state index is 10.9. The van der Waals surface area contributed by atoms with Crippen molar-refractivity contribution < 1.29 is 9.84 Å². The third-order valence-corrected chi connectivity index (χ3v) is 6.05. The van der Waals surface area contributed by atoms with Gasteiger partial charge in [0, 0.05) is 24.8 Å². The molecule has 1 aliphatic heterocycles. The number of nitriles is 1. The number of pyridine rings is 1. The molecule has 0 bridgehead atoms. The van der Waals surface area contributed by atoms with Gasteiger partial charge in [-0.05, 0) is 53.4 Å². The Morgan fingerprint density at radius 1 is 1.22 bits per heavy atom. The molecule has 1 fully saturated rings. The van der Waals surface area contributed by atoms with Crippen molar-refractivity contribution in [3.05, 3.63) is 88.1 Å². The molecule has 1 saturated heterocycles. The monoisotopic (exact) mass is 447 g/mol. The number of nitrogens with zero attached hydrogens (tertiary/aromatic N) is 3. The van der Waals surface area contributed by atoms with Crippen LogP contribution in [0, 0.1) is 11.3 Å². The lowest BCUT2D eigenvalue weighted by atomic mass is 9.96. The van der Waals surface area contributed by atoms with E-state index >= 15 is 0 Å². The topological polar surface area (TPSA) is 69.4 Å². The van der Waals surface area contributed by atoms with Gasteiger partial charge in [0.05, 0.1) is 18.2 Å². The highest BCUT2D eigenvalue weighted by Gasteiger charge is 2.27. The number of aromatic nitrogens is 1. The Kier molecular flexibility index (Phi) is 6.94. The summed E-state index contributed by atoms with van der Waals surface area (Å²) in [6.45, 7) is 3.80. The molecule has 0 amide bonds. The molecule has 4 rings (SSSR count). The molecule has 6 heteroatoms. The van der Waals surface area contributed by atoms with E-state index < -0.39 is 6.10 Å². The molecule has 5 nitrogen and oxygen atoms in total. The van der Waals surface area contributed by atoms with Gasteiger partial charge < -0.3 is 14.7 Å². The summed E-state index contributed by atoms with van der Waals surface area (Å²) in [5.74, 6) is 0.480. The second kappa shape index (κ2) is 10.0. The second-order valence-corrected chi connectivity index (χ2v) is 8.45. The molecule has 0 radical (unpaired) electrons. The quantitative estimate of drug-likeness (QED) is 0.532. The zero-order valence-electron chi connectivity index (χ0n) is 18.0. The van der Waals surface area contributed by atoms with Crippen molar-refractivity contribution in [1.82, 2.24) is 4.98 Å². The predicted octanol–water partition coefficient (Wildman–Crippen LogP) is 5.30. The van der Waals surface area contributed by atoms with Gasteiger partial charge in [0.25, 0.3) is 0 Å². The summed E-state index contributed by atoms with van der Waals surface area (Å²) in [5, 5.41) is 20.6. The van der Waals surface area contributed by atoms with Gasteiger partial charge in [-0.25, -0.2) is 4.98 Å². The van der Waals surface area contributed by atoms with E-state index in [1.54, 1.807) is 36.5 Å². The number of aliphatic hydroxyl groups is 1. The number of anilines is 1. The van der Waals surface area contributed by atoms with Crippen LogP contribution in [0.3, 0.4) is 0 Å². The molecule has 1 aliphatic rings. The van der Waals surface area contributed by atoms with Crippen LogP contribution in [-0.2, 0) is 6.42 Å². The lowest BCUT2D eigenvalue weighted by Crippen LogP contribution is -2.25. The summed E-state index contributed by atoms with van der Waals surface area (Å²) >= 11 is 6.20. The number of hydrogen-bond acceptors (Lipinski definition) is 5. The van der Waals surface area contributed by atoms with Gasteiger partial charge in [-0.3, -0.25) is 0 Å². The first-order valence-corrected chi connectivity index (χ1v) is 11.3. The third kappa shape index (κ3) is 4.88. The summed E-state index contributed by atoms with van der Waals surface area (Å²) < 4.78 is 6.05. The Hall–Kier alpha value is -3.07. The highest BCUT2D eigenvalue weighted by Crippen LogP contribution is 2.32. The highest BCUT2D eigenvalue weighted by molar-refractivity contribution is 6.31. The van der Waals surface area contributed by atoms with Crippen molar-refractivity contribution in [3.8, 4) is 11.9 Å². The summed E-state index contributed by atoms with van der Waals surface area (Å²) in [6.07, 6.45) is 3.76. The van der Waals surface area contributed by atoms with E-state index in [1.165, 1.54) is 11.3 Å². The van der Waals surface area contributed by atoms with Gasteiger partial charge >= 0.3 is 0 Å². The number of halogens is 1. The van der Waals surface area contributed by atoms with Gasteiger partial charge in [0.1, 0.15) is 17.2 Å². The van der Waals surface area contributed by atoms with Crippen LogP contribution >= 0.6 is 11.6 Å². The average Bonchev–Trinajstić information content (AvgIpc) is 3.28. The molecule has 2 aromatic carbocycles. The predicted molar refractivity (Wildman–Crippen MR) is 126 cm³/mol. The second-order valence-electron chi connectivity index (χ2n) is 8.04. The minimum absolute atomic E-state index is 0.0239. The van der Waals surface area contributed by atoms with Gasteiger partial charge in [-0.2, -0.15) is 5.26 Å². The molecule has 0 saturated carbocycles. The van der Waals surface area contributed by atoms with Crippen molar-refractivity contribution in [2.75, 3.05) is 18.0 Å². The Morgan fingerprint density at radius 2 is 2.06 bits per heavy atom. The van der Waals surface area contributed by atoms with Gasteiger partial charge in [0.2, 0.25) is 5.88 Å². The Bertz CT molecular complexity index is 1130. The van der Waals surface area contributed by atoms with E-state index in [0.29, 0.717) is 16.5 Å². The van der Waals surface area contributed by atoms with Crippen molar-refractivity contribution >= 4 is 17.3 Å². The van der Waals surface area contributed by atoms with E-state index in [0.717, 1.165) is 43.5 Å². The molecule has 0 spiro atoms. The lowest BCUT2D eigenvalue weighted by Gasteiger charge is -2.24. The highest BCUT2D eigenvalue weighted by atomic mass is 35.5. The normalized spacial score (nSPS) is 16.6. The minimum Gasteiger partial charge on any atom is -0.471 e. The maximum atomic E-state index is 10.9. The summed E-state index contributed by atoms with van der Waals surface area (Å²) in [5.41, 5.74) is 4.48. The first-order valence-electron chi connectivity index (χ1n) is 10.9. The molecule has 0 aliphatic carbocycles. The largest absolute Gasteiger partial charge is 0.471 e. The summed E-state index contributed by atoms with van der Waals surface area (Å²) in [7, 11) is 0. The SMILES string of the molecule is CCCc1cc(C(O)c2cccc(C#N)c2)ccc1N1CC[C@H](Oc2ncccc2Cl)C1. The standard InChI is InChI=1S/C26H26ClN3O2/c1-2-5-19-15-21(25(31)20-7-3-6-18(14-20)16-28)9-10-24(19)30-13-11-22(17-30)32-26-23(27)8-4-12-29-26/h3-4,6-10,12,14-15,22,25,31H,2,5,11,13,17H2,1H3/t22-,25?/m0/s1. The van der Waals surface area contributed by atoms with Crippen LogP contribution in [0.25, 0.3) is 0 Å². The molecular weight excluding hydrogens is 422 g/mol. The fraction of sp³-hybridized carbons (Fsp3) is 0.308. The Morgan fingerprint density at radius 3 is 2.84 bits per heavy atom. The first-order chi connectivity index (χ1) is 15.6. The van der Waals surface area contributed by atoms with Crippen molar-refractivity contribution in [3.63, 3.8) is 0 Å². The zero-order chi connectivity index (χ0) is 22.5. The molecule has 32 heavy (non-hydrogen) atoms. The molecule has 2 heterocycles. The molecule has 1 unspecified atom stereocenters. The van der Waals surface area contributed by atoms with E-state index in [-0.39, 0.29) is 6.10 Å². The van der Waals surface area contributed by atoms with Gasteiger partial charge in [-0.1, -0.05) is 49.2 Å². The number of aryl methyl sites for hydroxylation is 1. The van der Waals surface area contributed by atoms with Crippen molar-refractivity contribution in [2.24, 2.45) is 0 Å². The van der Waals surface area contributed by atoms with E-state index in [2.05, 4.69) is 35.0 Å². The first kappa shape index (κ1) is 22.1. The zero-order valence-corrected chi connectivity index (χ0v) is 18.8. The Labute approximate surface area is 193 Å². The van der Waals surface area contributed by atoms with Crippen molar-refractivity contribution in [2.45, 2.75) is 38.4 Å². The van der Waals surface area contributed by atoms with E-state index in [1.807, 2.05) is 12.1 Å². The third-order valence-electron chi connectivity index (χ3n) is 5.76. The van der Waals surface area contributed by atoms with Gasteiger partial charge in [-0.15, -0.1) is 0 Å². The van der Waals surface area contributed by atoms with Gasteiger partial charge in [0.15, 0.2) is 0 Å². The smallest absolute Gasteiger partial charge is 0.232 e. The molecule has 3 aromatic rings. The van der Waals surface area contributed by atoms with Crippen LogP contribution in [0.1, 0.15) is 48.1 Å². The summed E-state index contributed by atoms with van der Waals surface area (Å²) in [4.78, 5) is 6.57. The molecule has 1 N–H and O–H groups in total. The van der Waals surface area contributed by atoms with Crippen LogP contribution in [0.4, 0.5) is 5.69 Å². The number of hydrogen-bond donors (Lipinski definition) is 1.